The second kappa shape index (κ2) is 6.95. The Morgan fingerprint density at radius 1 is 1.40 bits per heavy atom. The summed E-state index contributed by atoms with van der Waals surface area (Å²) in [5, 5.41) is 0. The van der Waals surface area contributed by atoms with E-state index < -0.39 is 0 Å². The van der Waals surface area contributed by atoms with E-state index in [2.05, 4.69) is 43.9 Å². The maximum atomic E-state index is 6.13. The molecule has 0 saturated heterocycles. The Kier molecular flexibility index (Phi) is 5.26. The molecule has 0 radical (unpaired) electrons. The maximum absolute atomic E-state index is 6.13. The van der Waals surface area contributed by atoms with Crippen molar-refractivity contribution in [3.8, 4) is 5.75 Å². The standard InChI is InChI=1S/C16H26N2O2/c1-12(2)16-11-18(7-9-19-8-6-17)14-5-4-13(3)10-15(14)20-16/h4-5,10,12,16H,6-9,11,17H2,1-3H3. The van der Waals surface area contributed by atoms with E-state index in [9.17, 15) is 0 Å². The number of hydrogen-bond donors (Lipinski definition) is 1. The lowest BCUT2D eigenvalue weighted by atomic mass is 10.0. The Morgan fingerprint density at radius 3 is 2.90 bits per heavy atom. The predicted octanol–water partition coefficient (Wildman–Crippen LogP) is 2.19. The Labute approximate surface area is 121 Å². The van der Waals surface area contributed by atoms with Crippen LogP contribution in [0.1, 0.15) is 19.4 Å². The molecule has 1 atom stereocenters. The molecule has 1 aromatic carbocycles. The van der Waals surface area contributed by atoms with Gasteiger partial charge in [-0.2, -0.15) is 0 Å². The maximum Gasteiger partial charge on any atom is 0.143 e. The van der Waals surface area contributed by atoms with Gasteiger partial charge in [0.25, 0.3) is 0 Å². The van der Waals surface area contributed by atoms with Gasteiger partial charge in [-0.25, -0.2) is 0 Å². The van der Waals surface area contributed by atoms with Gasteiger partial charge in [0.2, 0.25) is 0 Å². The van der Waals surface area contributed by atoms with E-state index in [0.29, 0.717) is 25.7 Å². The Balaban J connectivity index is 2.10. The average molecular weight is 278 g/mol. The van der Waals surface area contributed by atoms with Gasteiger partial charge >= 0.3 is 0 Å². The number of nitrogens with two attached hydrogens (primary N) is 1. The lowest BCUT2D eigenvalue weighted by Gasteiger charge is -2.38. The SMILES string of the molecule is Cc1ccc2c(c1)OC(C(C)C)CN2CCOCCN. The molecule has 0 spiro atoms. The number of anilines is 1. The van der Waals surface area contributed by atoms with Crippen molar-refractivity contribution >= 4 is 5.69 Å². The summed E-state index contributed by atoms with van der Waals surface area (Å²) in [6.07, 6.45) is 0.235. The first-order valence-corrected chi connectivity index (χ1v) is 7.42. The van der Waals surface area contributed by atoms with Crippen molar-refractivity contribution < 1.29 is 9.47 Å². The van der Waals surface area contributed by atoms with E-state index in [0.717, 1.165) is 18.8 Å². The van der Waals surface area contributed by atoms with Crippen molar-refractivity contribution in [2.24, 2.45) is 11.7 Å². The Morgan fingerprint density at radius 2 is 2.20 bits per heavy atom. The fourth-order valence-corrected chi connectivity index (χ4v) is 2.41. The van der Waals surface area contributed by atoms with Crippen molar-refractivity contribution in [2.75, 3.05) is 37.7 Å². The molecular weight excluding hydrogens is 252 g/mol. The smallest absolute Gasteiger partial charge is 0.143 e. The summed E-state index contributed by atoms with van der Waals surface area (Å²) in [5.41, 5.74) is 7.84. The highest BCUT2D eigenvalue weighted by atomic mass is 16.5. The fourth-order valence-electron chi connectivity index (χ4n) is 2.41. The molecule has 1 heterocycles. The van der Waals surface area contributed by atoms with E-state index in [4.69, 9.17) is 15.2 Å². The highest BCUT2D eigenvalue weighted by molar-refractivity contribution is 5.61. The number of fused-ring (bicyclic) bond motifs is 1. The molecule has 0 saturated carbocycles. The molecule has 0 aromatic heterocycles. The summed E-state index contributed by atoms with van der Waals surface area (Å²) in [5.74, 6) is 1.49. The fraction of sp³-hybridized carbons (Fsp3) is 0.625. The molecule has 2 N–H and O–H groups in total. The zero-order valence-electron chi connectivity index (χ0n) is 12.8. The zero-order chi connectivity index (χ0) is 14.5. The molecule has 1 aliphatic heterocycles. The molecule has 20 heavy (non-hydrogen) atoms. The summed E-state index contributed by atoms with van der Waals surface area (Å²) in [4.78, 5) is 2.36. The number of nitrogens with zero attached hydrogens (tertiary/aromatic N) is 1. The van der Waals surface area contributed by atoms with Crippen molar-refractivity contribution in [1.29, 1.82) is 0 Å². The van der Waals surface area contributed by atoms with Crippen LogP contribution in [0, 0.1) is 12.8 Å². The lowest BCUT2D eigenvalue weighted by molar-refractivity contribution is 0.127. The zero-order valence-corrected chi connectivity index (χ0v) is 12.8. The molecule has 2 rings (SSSR count). The summed E-state index contributed by atoms with van der Waals surface area (Å²) in [6, 6.07) is 6.40. The number of aryl methyl sites for hydroxylation is 1. The molecule has 0 bridgehead atoms. The van der Waals surface area contributed by atoms with Gasteiger partial charge < -0.3 is 20.1 Å². The van der Waals surface area contributed by atoms with Gasteiger partial charge in [0, 0.05) is 13.1 Å². The van der Waals surface area contributed by atoms with Crippen LogP contribution in [0.2, 0.25) is 0 Å². The van der Waals surface area contributed by atoms with E-state index in [1.807, 2.05) is 0 Å². The molecule has 1 aromatic rings. The first-order chi connectivity index (χ1) is 9.61. The summed E-state index contributed by atoms with van der Waals surface area (Å²) in [6.45, 7) is 10.2. The van der Waals surface area contributed by atoms with Crippen molar-refractivity contribution in [3.63, 3.8) is 0 Å². The minimum atomic E-state index is 0.235. The largest absolute Gasteiger partial charge is 0.486 e. The van der Waals surface area contributed by atoms with Gasteiger partial charge in [0.05, 0.1) is 25.4 Å². The highest BCUT2D eigenvalue weighted by Crippen LogP contribution is 2.35. The number of ether oxygens (including phenoxy) is 2. The van der Waals surface area contributed by atoms with Gasteiger partial charge in [-0.05, 0) is 30.5 Å². The van der Waals surface area contributed by atoms with E-state index in [-0.39, 0.29) is 6.10 Å². The van der Waals surface area contributed by atoms with Crippen molar-refractivity contribution in [2.45, 2.75) is 26.9 Å². The molecular formula is C16H26N2O2. The molecule has 4 heteroatoms. The van der Waals surface area contributed by atoms with Crippen LogP contribution in [0.25, 0.3) is 0 Å². The third-order valence-corrected chi connectivity index (χ3v) is 3.65. The van der Waals surface area contributed by atoms with E-state index in [1.54, 1.807) is 0 Å². The normalized spacial score (nSPS) is 18.1. The molecule has 0 aliphatic carbocycles. The van der Waals surface area contributed by atoms with Crippen LogP contribution >= 0.6 is 0 Å². The molecule has 1 aliphatic rings. The number of benzene rings is 1. The molecule has 112 valence electrons. The van der Waals surface area contributed by atoms with Gasteiger partial charge in [0.1, 0.15) is 11.9 Å². The lowest BCUT2D eigenvalue weighted by Crippen LogP contribution is -2.44. The van der Waals surface area contributed by atoms with Crippen LogP contribution in [-0.4, -0.2) is 39.0 Å². The van der Waals surface area contributed by atoms with Crippen LogP contribution in [0.15, 0.2) is 18.2 Å². The van der Waals surface area contributed by atoms with Gasteiger partial charge in [0.15, 0.2) is 0 Å². The Hall–Kier alpha value is -1.26. The summed E-state index contributed by atoms with van der Waals surface area (Å²) in [7, 11) is 0. The molecule has 4 nitrogen and oxygen atoms in total. The molecule has 0 fully saturated rings. The van der Waals surface area contributed by atoms with Gasteiger partial charge in [-0.15, -0.1) is 0 Å². The van der Waals surface area contributed by atoms with E-state index >= 15 is 0 Å². The predicted molar refractivity (Wildman–Crippen MR) is 82.5 cm³/mol. The van der Waals surface area contributed by atoms with Crippen molar-refractivity contribution in [3.05, 3.63) is 23.8 Å². The van der Waals surface area contributed by atoms with Crippen LogP contribution < -0.4 is 15.4 Å². The van der Waals surface area contributed by atoms with Crippen LogP contribution in [0.5, 0.6) is 5.75 Å². The first kappa shape index (κ1) is 15.1. The third kappa shape index (κ3) is 3.64. The summed E-state index contributed by atoms with van der Waals surface area (Å²) < 4.78 is 11.6. The van der Waals surface area contributed by atoms with Crippen LogP contribution in [0.3, 0.4) is 0 Å². The van der Waals surface area contributed by atoms with Gasteiger partial charge in [-0.1, -0.05) is 19.9 Å². The number of hydrogen-bond acceptors (Lipinski definition) is 4. The van der Waals surface area contributed by atoms with Crippen LogP contribution in [-0.2, 0) is 4.74 Å². The molecule has 1 unspecified atom stereocenters. The van der Waals surface area contributed by atoms with Gasteiger partial charge in [-0.3, -0.25) is 0 Å². The quantitative estimate of drug-likeness (QED) is 0.810. The minimum Gasteiger partial charge on any atom is -0.486 e. The van der Waals surface area contributed by atoms with Crippen molar-refractivity contribution in [1.82, 2.24) is 0 Å². The average Bonchev–Trinajstić information content (AvgIpc) is 2.42. The monoisotopic (exact) mass is 278 g/mol. The second-order valence-corrected chi connectivity index (χ2v) is 5.72. The first-order valence-electron chi connectivity index (χ1n) is 7.42. The van der Waals surface area contributed by atoms with Crippen LogP contribution in [0.4, 0.5) is 5.69 Å². The number of rotatable bonds is 6. The minimum absolute atomic E-state index is 0.235. The summed E-state index contributed by atoms with van der Waals surface area (Å²) >= 11 is 0. The highest BCUT2D eigenvalue weighted by Gasteiger charge is 2.27. The second-order valence-electron chi connectivity index (χ2n) is 5.72. The topological polar surface area (TPSA) is 47.7 Å². The molecule has 0 amide bonds. The third-order valence-electron chi connectivity index (χ3n) is 3.65. The Bertz CT molecular complexity index is 434. The van der Waals surface area contributed by atoms with E-state index in [1.165, 1.54) is 11.3 Å².